The van der Waals surface area contributed by atoms with Crippen molar-refractivity contribution in [3.05, 3.63) is 35.4 Å². The Morgan fingerprint density at radius 3 is 2.52 bits per heavy atom. The second-order valence-corrected chi connectivity index (χ2v) is 7.66. The maximum Gasteiger partial charge on any atom is 0.328 e. The van der Waals surface area contributed by atoms with Crippen molar-refractivity contribution in [2.24, 2.45) is 5.92 Å². The van der Waals surface area contributed by atoms with Crippen LogP contribution in [0.2, 0.25) is 0 Å². The van der Waals surface area contributed by atoms with Crippen LogP contribution < -0.4 is 5.32 Å². The Balaban J connectivity index is 0.000000279. The molecule has 1 fully saturated rings. The summed E-state index contributed by atoms with van der Waals surface area (Å²) in [6.45, 7) is 6.84. The number of hydrogen-bond acceptors (Lipinski definition) is 4. The Hall–Kier alpha value is -1.67. The number of nitrogens with one attached hydrogen (secondary N) is 1. The van der Waals surface area contributed by atoms with Crippen molar-refractivity contribution in [2.75, 3.05) is 13.7 Å². The van der Waals surface area contributed by atoms with Gasteiger partial charge in [-0.05, 0) is 31.7 Å². The summed E-state index contributed by atoms with van der Waals surface area (Å²) < 4.78 is 30.9. The highest BCUT2D eigenvalue weighted by molar-refractivity contribution is 7.80. The molecule has 2 rings (SSSR count). The molecule has 8 heteroatoms. The second-order valence-electron chi connectivity index (χ2n) is 6.58. The van der Waals surface area contributed by atoms with E-state index < -0.39 is 11.6 Å². The lowest BCUT2D eigenvalue weighted by molar-refractivity contribution is -0.143. The fraction of sp³-hybridized carbons (Fsp3) is 0.526. The molecule has 1 aliphatic heterocycles. The van der Waals surface area contributed by atoms with Crippen LogP contribution in [-0.2, 0) is 16.1 Å². The molecular formula is C19H26F2N2O2S2. The topological polar surface area (TPSA) is 41.6 Å². The quantitative estimate of drug-likeness (QED) is 0.578. The van der Waals surface area contributed by atoms with Crippen molar-refractivity contribution in [1.82, 2.24) is 10.2 Å². The van der Waals surface area contributed by atoms with Crippen molar-refractivity contribution in [3.63, 3.8) is 0 Å². The van der Waals surface area contributed by atoms with E-state index in [0.29, 0.717) is 17.1 Å². The zero-order valence-corrected chi connectivity index (χ0v) is 17.7. The van der Waals surface area contributed by atoms with Crippen molar-refractivity contribution in [3.8, 4) is 0 Å². The van der Waals surface area contributed by atoms with Gasteiger partial charge in [-0.2, -0.15) is 0 Å². The van der Waals surface area contributed by atoms with E-state index in [1.165, 1.54) is 13.2 Å². The first kappa shape index (κ1) is 23.4. The summed E-state index contributed by atoms with van der Waals surface area (Å²) in [5, 5.41) is 2.89. The lowest BCUT2D eigenvalue weighted by Gasteiger charge is -2.19. The van der Waals surface area contributed by atoms with Crippen LogP contribution in [0.4, 0.5) is 8.78 Å². The van der Waals surface area contributed by atoms with E-state index in [1.54, 1.807) is 13.0 Å². The maximum atomic E-state index is 13.3. The number of benzene rings is 1. The van der Waals surface area contributed by atoms with E-state index in [9.17, 15) is 13.6 Å². The molecule has 1 atom stereocenters. The molecule has 0 saturated carbocycles. The number of carbonyl (C=O) groups excluding carboxylic acids is 1. The monoisotopic (exact) mass is 416 g/mol. The van der Waals surface area contributed by atoms with Gasteiger partial charge in [-0.3, -0.25) is 0 Å². The molecule has 1 aromatic carbocycles. The van der Waals surface area contributed by atoms with Crippen LogP contribution in [0.25, 0.3) is 0 Å². The lowest BCUT2D eigenvalue weighted by atomic mass is 10.1. The number of rotatable bonds is 5. The summed E-state index contributed by atoms with van der Waals surface area (Å²) in [5.74, 6) is -1.64. The zero-order valence-electron chi connectivity index (χ0n) is 16.1. The van der Waals surface area contributed by atoms with Gasteiger partial charge in [0.25, 0.3) is 0 Å². The van der Waals surface area contributed by atoms with E-state index in [2.05, 4.69) is 10.1 Å². The van der Waals surface area contributed by atoms with Gasteiger partial charge in [0, 0.05) is 18.7 Å². The number of hydrogen-bond donors (Lipinski definition) is 1. The minimum atomic E-state index is -0.794. The molecule has 1 unspecified atom stereocenters. The molecule has 1 saturated heterocycles. The van der Waals surface area contributed by atoms with Gasteiger partial charge in [-0.1, -0.05) is 50.4 Å². The third kappa shape index (κ3) is 7.46. The summed E-state index contributed by atoms with van der Waals surface area (Å²) in [6.07, 6.45) is 1.89. The number of ether oxygens (including phenoxy) is 1. The first-order valence-electron chi connectivity index (χ1n) is 8.73. The van der Waals surface area contributed by atoms with Crippen molar-refractivity contribution in [2.45, 2.75) is 46.2 Å². The van der Waals surface area contributed by atoms with Crippen LogP contribution >= 0.6 is 24.4 Å². The van der Waals surface area contributed by atoms with Gasteiger partial charge in [-0.15, -0.1) is 0 Å². The smallest absolute Gasteiger partial charge is 0.328 e. The van der Waals surface area contributed by atoms with Crippen molar-refractivity contribution < 1.29 is 18.3 Å². The Labute approximate surface area is 170 Å². The summed E-state index contributed by atoms with van der Waals surface area (Å²) >= 11 is 9.96. The first-order chi connectivity index (χ1) is 12.7. The van der Waals surface area contributed by atoms with Crippen LogP contribution in [0.1, 0.15) is 39.2 Å². The van der Waals surface area contributed by atoms with Crippen LogP contribution in [0.5, 0.6) is 0 Å². The highest BCUT2D eigenvalue weighted by Gasteiger charge is 2.22. The van der Waals surface area contributed by atoms with Gasteiger partial charge < -0.3 is 15.0 Å². The Bertz CT molecular complexity index is 684. The normalized spacial score (nSPS) is 14.5. The lowest BCUT2D eigenvalue weighted by Crippen LogP contribution is -2.43. The third-order valence-corrected chi connectivity index (χ3v) is 4.62. The number of nitrogens with zero attached hydrogens (tertiary/aromatic N) is 1. The average Bonchev–Trinajstić information content (AvgIpc) is 3.01. The van der Waals surface area contributed by atoms with E-state index in [1.807, 2.05) is 18.7 Å². The number of methoxy groups -OCH3 is 1. The molecule has 150 valence electrons. The van der Waals surface area contributed by atoms with Crippen LogP contribution in [0.15, 0.2) is 18.2 Å². The van der Waals surface area contributed by atoms with Gasteiger partial charge >= 0.3 is 5.97 Å². The SMILES string of the molecule is COC(=O)C(NC(C)=S)C(C)C.Fc1cccc(CN2CCCC2=S)c1F. The first-order valence-corrected chi connectivity index (χ1v) is 9.54. The highest BCUT2D eigenvalue weighted by Crippen LogP contribution is 2.18. The van der Waals surface area contributed by atoms with Crippen LogP contribution in [0.3, 0.4) is 0 Å². The Morgan fingerprint density at radius 2 is 2.04 bits per heavy atom. The van der Waals surface area contributed by atoms with E-state index >= 15 is 0 Å². The highest BCUT2D eigenvalue weighted by atomic mass is 32.1. The molecule has 0 spiro atoms. The summed E-state index contributed by atoms with van der Waals surface area (Å²) in [7, 11) is 1.37. The summed E-state index contributed by atoms with van der Waals surface area (Å²) in [4.78, 5) is 14.5. The number of esters is 1. The van der Waals surface area contributed by atoms with Gasteiger partial charge in [-0.25, -0.2) is 13.6 Å². The van der Waals surface area contributed by atoms with Gasteiger partial charge in [0.05, 0.1) is 17.1 Å². The largest absolute Gasteiger partial charge is 0.467 e. The minimum Gasteiger partial charge on any atom is -0.467 e. The molecule has 0 bridgehead atoms. The molecule has 0 amide bonds. The third-order valence-electron chi connectivity index (χ3n) is 4.04. The maximum absolute atomic E-state index is 13.3. The van der Waals surface area contributed by atoms with E-state index in [-0.39, 0.29) is 17.9 Å². The minimum absolute atomic E-state index is 0.176. The molecule has 0 radical (unpaired) electrons. The summed E-state index contributed by atoms with van der Waals surface area (Å²) in [6, 6.07) is 3.92. The zero-order chi connectivity index (χ0) is 20.6. The molecule has 1 N–H and O–H groups in total. The second kappa shape index (κ2) is 11.2. The van der Waals surface area contributed by atoms with Gasteiger partial charge in [0.1, 0.15) is 6.04 Å². The van der Waals surface area contributed by atoms with Crippen LogP contribution in [-0.4, -0.2) is 40.5 Å². The number of likely N-dealkylation sites (tertiary alicyclic amines) is 1. The van der Waals surface area contributed by atoms with Gasteiger partial charge in [0.2, 0.25) is 0 Å². The summed E-state index contributed by atoms with van der Waals surface area (Å²) in [5.41, 5.74) is 0.374. The van der Waals surface area contributed by atoms with Crippen molar-refractivity contribution >= 4 is 40.4 Å². The molecule has 1 heterocycles. The fourth-order valence-electron chi connectivity index (χ4n) is 2.59. The average molecular weight is 417 g/mol. The standard InChI is InChI=1S/C11H11F2NS.C8H15NO2S/c12-9-4-1-3-8(11(9)13)7-14-6-2-5-10(14)15;1-5(2)7(8(10)11-4)9-6(3)12/h1,3-4H,2,5-7H2;5,7H,1-4H3,(H,9,12). The molecule has 4 nitrogen and oxygen atoms in total. The fourth-order valence-corrected chi connectivity index (χ4v) is 3.02. The number of thiocarbonyl (C=S) groups is 2. The number of carbonyl (C=O) groups is 1. The van der Waals surface area contributed by atoms with Crippen LogP contribution in [0, 0.1) is 17.6 Å². The molecular weight excluding hydrogens is 390 g/mol. The molecule has 0 aromatic heterocycles. The Kier molecular flexibility index (Phi) is 9.73. The Morgan fingerprint density at radius 1 is 1.37 bits per heavy atom. The van der Waals surface area contributed by atoms with E-state index in [0.717, 1.165) is 30.4 Å². The number of halogens is 2. The molecule has 0 aliphatic carbocycles. The van der Waals surface area contributed by atoms with Crippen molar-refractivity contribution in [1.29, 1.82) is 0 Å². The predicted octanol–water partition coefficient (Wildman–Crippen LogP) is 4.01. The molecule has 1 aromatic rings. The molecule has 1 aliphatic rings. The predicted molar refractivity (Wildman–Crippen MR) is 111 cm³/mol. The van der Waals surface area contributed by atoms with E-state index in [4.69, 9.17) is 24.4 Å². The van der Waals surface area contributed by atoms with Gasteiger partial charge in [0.15, 0.2) is 11.6 Å². The molecule has 27 heavy (non-hydrogen) atoms.